The maximum absolute atomic E-state index is 12.8. The summed E-state index contributed by atoms with van der Waals surface area (Å²) >= 11 is 0. The SMILES string of the molecule is CCCCCCCCCCCCCC(=O)OC[C@H](COC(=O)CCCCCCCCCCC(C)CC)OC(=O)CCCCCCCCCCCCCCC(C)C. The zero-order valence-corrected chi connectivity index (χ0v) is 38.3. The van der Waals surface area contributed by atoms with Crippen LogP contribution in [0, 0.1) is 11.8 Å². The Morgan fingerprint density at radius 2 is 0.679 bits per heavy atom. The van der Waals surface area contributed by atoms with Gasteiger partial charge >= 0.3 is 17.9 Å². The van der Waals surface area contributed by atoms with E-state index in [1.165, 1.54) is 161 Å². The van der Waals surface area contributed by atoms with Crippen molar-refractivity contribution in [1.29, 1.82) is 0 Å². The van der Waals surface area contributed by atoms with Crippen LogP contribution in [0.15, 0.2) is 0 Å². The molecule has 0 aliphatic heterocycles. The number of rotatable bonds is 44. The van der Waals surface area contributed by atoms with E-state index in [2.05, 4.69) is 34.6 Å². The summed E-state index contributed by atoms with van der Waals surface area (Å²) in [6, 6.07) is 0. The maximum Gasteiger partial charge on any atom is 0.306 e. The minimum absolute atomic E-state index is 0.0643. The first kappa shape index (κ1) is 54.4. The van der Waals surface area contributed by atoms with Gasteiger partial charge in [0.15, 0.2) is 6.10 Å². The van der Waals surface area contributed by atoms with E-state index in [0.717, 1.165) is 69.6 Å². The molecule has 6 nitrogen and oxygen atoms in total. The van der Waals surface area contributed by atoms with E-state index in [9.17, 15) is 14.4 Å². The average molecular weight is 793 g/mol. The summed E-state index contributed by atoms with van der Waals surface area (Å²) in [6.07, 6.45) is 42.2. The van der Waals surface area contributed by atoms with Crippen molar-refractivity contribution in [1.82, 2.24) is 0 Å². The molecule has 0 N–H and O–H groups in total. The van der Waals surface area contributed by atoms with Crippen LogP contribution in [0.1, 0.15) is 272 Å². The van der Waals surface area contributed by atoms with Gasteiger partial charge in [0.2, 0.25) is 0 Å². The Bertz CT molecular complexity index is 856. The molecular formula is C50H96O6. The molecule has 0 heterocycles. The molecule has 0 rings (SSSR count). The normalized spacial score (nSPS) is 12.5. The molecule has 0 aromatic heterocycles. The molecule has 0 aromatic carbocycles. The van der Waals surface area contributed by atoms with Crippen molar-refractivity contribution < 1.29 is 28.6 Å². The molecule has 0 bridgehead atoms. The second kappa shape index (κ2) is 43.0. The zero-order chi connectivity index (χ0) is 41.2. The summed E-state index contributed by atoms with van der Waals surface area (Å²) in [5.41, 5.74) is 0. The third kappa shape index (κ3) is 42.0. The first-order chi connectivity index (χ1) is 27.3. The van der Waals surface area contributed by atoms with Gasteiger partial charge in [0.1, 0.15) is 13.2 Å². The lowest BCUT2D eigenvalue weighted by Crippen LogP contribution is -2.30. The van der Waals surface area contributed by atoms with E-state index in [0.29, 0.717) is 19.3 Å². The lowest BCUT2D eigenvalue weighted by molar-refractivity contribution is -0.167. The molecule has 0 fully saturated rings. The number of ether oxygens (including phenoxy) is 3. The van der Waals surface area contributed by atoms with Gasteiger partial charge in [-0.25, -0.2) is 0 Å². The second-order valence-electron chi connectivity index (χ2n) is 17.8. The summed E-state index contributed by atoms with van der Waals surface area (Å²) in [5, 5.41) is 0. The van der Waals surface area contributed by atoms with E-state index >= 15 is 0 Å². The predicted octanol–water partition coefficient (Wildman–Crippen LogP) is 15.8. The number of carbonyl (C=O) groups is 3. The summed E-state index contributed by atoms with van der Waals surface area (Å²) in [5.74, 6) is 0.827. The number of unbranched alkanes of at least 4 members (excludes halogenated alkanes) is 28. The Balaban J connectivity index is 4.33. The predicted molar refractivity (Wildman–Crippen MR) is 238 cm³/mol. The molecule has 6 heteroatoms. The van der Waals surface area contributed by atoms with Gasteiger partial charge in [-0.1, -0.05) is 234 Å². The van der Waals surface area contributed by atoms with Crippen LogP contribution < -0.4 is 0 Å². The largest absolute Gasteiger partial charge is 0.462 e. The Labute approximate surface area is 348 Å². The molecule has 0 aromatic rings. The van der Waals surface area contributed by atoms with Crippen molar-refractivity contribution >= 4 is 17.9 Å². The van der Waals surface area contributed by atoms with Gasteiger partial charge in [0, 0.05) is 19.3 Å². The molecule has 0 amide bonds. The molecule has 0 saturated heterocycles. The average Bonchev–Trinajstić information content (AvgIpc) is 3.18. The first-order valence-electron chi connectivity index (χ1n) is 24.8. The zero-order valence-electron chi connectivity index (χ0n) is 38.3. The molecule has 0 aliphatic rings. The molecule has 1 unspecified atom stereocenters. The highest BCUT2D eigenvalue weighted by Crippen LogP contribution is 2.17. The monoisotopic (exact) mass is 793 g/mol. The van der Waals surface area contributed by atoms with Crippen molar-refractivity contribution in [3.8, 4) is 0 Å². The summed E-state index contributed by atoms with van der Waals surface area (Å²) < 4.78 is 16.8. The third-order valence-corrected chi connectivity index (χ3v) is 11.6. The standard InChI is InChI=1S/C50H96O6/c1-6-8-9-10-11-12-15-19-25-30-35-40-48(51)54-43-47(44-55-49(52)41-36-31-26-22-21-24-29-34-39-46(5)7-2)56-50(53)42-37-32-27-20-17-14-13-16-18-23-28-33-38-45(3)4/h45-47H,6-44H2,1-5H3/t46?,47-/m1/s1. The molecule has 332 valence electrons. The van der Waals surface area contributed by atoms with Crippen LogP contribution in [0.2, 0.25) is 0 Å². The number of carbonyl (C=O) groups excluding carboxylic acids is 3. The minimum Gasteiger partial charge on any atom is -0.462 e. The van der Waals surface area contributed by atoms with E-state index in [-0.39, 0.29) is 31.1 Å². The van der Waals surface area contributed by atoms with Gasteiger partial charge in [0.05, 0.1) is 0 Å². The quantitative estimate of drug-likeness (QED) is 0.0347. The molecule has 56 heavy (non-hydrogen) atoms. The van der Waals surface area contributed by atoms with Crippen molar-refractivity contribution in [2.45, 2.75) is 278 Å². The summed E-state index contributed by atoms with van der Waals surface area (Å²) in [6.45, 7) is 11.4. The molecule has 0 aliphatic carbocycles. The van der Waals surface area contributed by atoms with E-state index in [4.69, 9.17) is 14.2 Å². The fourth-order valence-corrected chi connectivity index (χ4v) is 7.43. The van der Waals surface area contributed by atoms with Crippen LogP contribution in [0.3, 0.4) is 0 Å². The van der Waals surface area contributed by atoms with Gasteiger partial charge in [-0.15, -0.1) is 0 Å². The number of hydrogen-bond acceptors (Lipinski definition) is 6. The maximum atomic E-state index is 12.8. The second-order valence-corrected chi connectivity index (χ2v) is 17.8. The van der Waals surface area contributed by atoms with Gasteiger partial charge in [0.25, 0.3) is 0 Å². The number of hydrogen-bond donors (Lipinski definition) is 0. The van der Waals surface area contributed by atoms with Gasteiger partial charge in [-0.2, -0.15) is 0 Å². The van der Waals surface area contributed by atoms with E-state index < -0.39 is 6.10 Å². The van der Waals surface area contributed by atoms with Crippen LogP contribution in [-0.2, 0) is 28.6 Å². The smallest absolute Gasteiger partial charge is 0.306 e. The van der Waals surface area contributed by atoms with Crippen molar-refractivity contribution in [3.63, 3.8) is 0 Å². The molecular weight excluding hydrogens is 697 g/mol. The minimum atomic E-state index is -0.761. The van der Waals surface area contributed by atoms with Gasteiger partial charge in [-0.05, 0) is 31.1 Å². The van der Waals surface area contributed by atoms with Crippen LogP contribution in [-0.4, -0.2) is 37.2 Å². The molecule has 0 saturated carbocycles. The van der Waals surface area contributed by atoms with Crippen LogP contribution in [0.4, 0.5) is 0 Å². The Morgan fingerprint density at radius 1 is 0.375 bits per heavy atom. The highest BCUT2D eigenvalue weighted by molar-refractivity contribution is 5.71. The topological polar surface area (TPSA) is 78.9 Å². The highest BCUT2D eigenvalue weighted by Gasteiger charge is 2.19. The van der Waals surface area contributed by atoms with Gasteiger partial charge in [-0.3, -0.25) is 14.4 Å². The van der Waals surface area contributed by atoms with Crippen LogP contribution >= 0.6 is 0 Å². The van der Waals surface area contributed by atoms with Crippen molar-refractivity contribution in [2.75, 3.05) is 13.2 Å². The molecule has 0 radical (unpaired) electrons. The summed E-state index contributed by atoms with van der Waals surface area (Å²) in [7, 11) is 0. The Kier molecular flexibility index (Phi) is 41.8. The molecule has 2 atom stereocenters. The Hall–Kier alpha value is -1.59. The first-order valence-corrected chi connectivity index (χ1v) is 24.8. The van der Waals surface area contributed by atoms with Crippen molar-refractivity contribution in [3.05, 3.63) is 0 Å². The highest BCUT2D eigenvalue weighted by atomic mass is 16.6. The Morgan fingerprint density at radius 3 is 1.02 bits per heavy atom. The number of esters is 3. The lowest BCUT2D eigenvalue weighted by Gasteiger charge is -2.18. The fraction of sp³-hybridized carbons (Fsp3) is 0.940. The lowest BCUT2D eigenvalue weighted by atomic mass is 9.99. The van der Waals surface area contributed by atoms with E-state index in [1.54, 1.807) is 0 Å². The van der Waals surface area contributed by atoms with Gasteiger partial charge < -0.3 is 14.2 Å². The van der Waals surface area contributed by atoms with Crippen molar-refractivity contribution in [2.24, 2.45) is 11.8 Å². The van der Waals surface area contributed by atoms with Crippen LogP contribution in [0.25, 0.3) is 0 Å². The van der Waals surface area contributed by atoms with Crippen LogP contribution in [0.5, 0.6) is 0 Å². The van der Waals surface area contributed by atoms with E-state index in [1.807, 2.05) is 0 Å². The molecule has 0 spiro atoms. The summed E-state index contributed by atoms with van der Waals surface area (Å²) in [4.78, 5) is 37.8. The third-order valence-electron chi connectivity index (χ3n) is 11.6. The fourth-order valence-electron chi connectivity index (χ4n) is 7.43.